The molecule has 4 aromatic rings. The molecule has 0 saturated carbocycles. The van der Waals surface area contributed by atoms with Crippen LogP contribution in [0.15, 0.2) is 66.7 Å². The Labute approximate surface area is 217 Å². The topological polar surface area (TPSA) is 100 Å². The minimum Gasteiger partial charge on any atom is -0.489 e. The minimum atomic E-state index is -0.268. The fourth-order valence-corrected chi connectivity index (χ4v) is 4.66. The Balaban J connectivity index is 1.63. The van der Waals surface area contributed by atoms with E-state index < -0.39 is 0 Å². The van der Waals surface area contributed by atoms with Crippen LogP contribution in [0.1, 0.15) is 37.1 Å². The third-order valence-electron chi connectivity index (χ3n) is 5.20. The Morgan fingerprint density at radius 3 is 1.83 bits per heavy atom. The van der Waals surface area contributed by atoms with Gasteiger partial charge in [0.2, 0.25) is 5.78 Å². The number of benzene rings is 3. The van der Waals surface area contributed by atoms with Gasteiger partial charge in [-0.1, -0.05) is 59.6 Å². The van der Waals surface area contributed by atoms with Crippen LogP contribution in [-0.2, 0) is 26.3 Å². The smallest absolute Gasteiger partial charge is 0.221 e. The largest absolute Gasteiger partial charge is 0.489 e. The Bertz CT molecular complexity index is 1250. The van der Waals surface area contributed by atoms with Crippen molar-refractivity contribution in [2.45, 2.75) is 26.3 Å². The summed E-state index contributed by atoms with van der Waals surface area (Å²) < 4.78 is 12.0. The van der Waals surface area contributed by atoms with Gasteiger partial charge in [0.25, 0.3) is 0 Å². The van der Waals surface area contributed by atoms with E-state index in [0.29, 0.717) is 37.8 Å². The van der Waals surface area contributed by atoms with E-state index in [-0.39, 0.29) is 32.1 Å². The molecule has 0 amide bonds. The Morgan fingerprint density at radius 2 is 1.37 bits per heavy atom. The number of hydrogen-bond donors (Lipinski definition) is 2. The highest BCUT2D eigenvalue weighted by molar-refractivity contribution is 7.13. The first-order chi connectivity index (χ1) is 17.0. The molecule has 180 valence electrons. The second kappa shape index (κ2) is 11.7. The van der Waals surface area contributed by atoms with Crippen LogP contribution in [0.3, 0.4) is 0 Å². The lowest BCUT2D eigenvalue weighted by Crippen LogP contribution is -2.06. The van der Waals surface area contributed by atoms with Gasteiger partial charge in [0.1, 0.15) is 24.7 Å². The quantitative estimate of drug-likeness (QED) is 0.254. The summed E-state index contributed by atoms with van der Waals surface area (Å²) in [6.45, 7) is 0.939. The van der Waals surface area contributed by atoms with Crippen LogP contribution in [-0.4, -0.2) is 10.8 Å². The maximum atomic E-state index is 13.3. The summed E-state index contributed by atoms with van der Waals surface area (Å²) in [6.07, 6.45) is 0. The van der Waals surface area contributed by atoms with Crippen molar-refractivity contribution in [2.24, 2.45) is 11.5 Å². The number of ketones is 1. The Morgan fingerprint density at radius 1 is 0.829 bits per heavy atom. The normalized spacial score (nSPS) is 10.9. The fraction of sp³-hybridized carbons (Fsp3) is 0.154. The molecule has 4 N–H and O–H groups in total. The second-order valence-electron chi connectivity index (χ2n) is 7.58. The summed E-state index contributed by atoms with van der Waals surface area (Å²) in [5.41, 5.74) is 14.2. The lowest BCUT2D eigenvalue weighted by Gasteiger charge is -2.13. The van der Waals surface area contributed by atoms with Crippen molar-refractivity contribution >= 4 is 40.3 Å². The number of thiazole rings is 1. The highest BCUT2D eigenvalue weighted by Crippen LogP contribution is 2.29. The molecular formula is C26H23Cl2N3O3S. The number of hydrogen-bond acceptors (Lipinski definition) is 7. The molecule has 0 aliphatic heterocycles. The fourth-order valence-electron chi connectivity index (χ4n) is 3.35. The number of halogens is 2. The molecule has 1 aromatic heterocycles. The predicted octanol–water partition coefficient (Wildman–Crippen LogP) is 5.76. The molecule has 0 aliphatic rings. The third kappa shape index (κ3) is 6.20. The molecule has 0 spiro atoms. The van der Waals surface area contributed by atoms with Crippen molar-refractivity contribution in [1.82, 2.24) is 4.98 Å². The van der Waals surface area contributed by atoms with Crippen molar-refractivity contribution < 1.29 is 14.3 Å². The summed E-state index contributed by atoms with van der Waals surface area (Å²) in [7, 11) is 0. The predicted molar refractivity (Wildman–Crippen MR) is 139 cm³/mol. The maximum absolute atomic E-state index is 13.3. The van der Waals surface area contributed by atoms with Crippen molar-refractivity contribution in [3.63, 3.8) is 0 Å². The zero-order valence-electron chi connectivity index (χ0n) is 18.7. The van der Waals surface area contributed by atoms with E-state index in [1.54, 1.807) is 30.3 Å². The zero-order valence-corrected chi connectivity index (χ0v) is 21.0. The van der Waals surface area contributed by atoms with Gasteiger partial charge in [-0.25, -0.2) is 4.98 Å². The summed E-state index contributed by atoms with van der Waals surface area (Å²) in [5.74, 6) is 0.648. The van der Waals surface area contributed by atoms with E-state index in [0.717, 1.165) is 16.0 Å². The highest BCUT2D eigenvalue weighted by Gasteiger charge is 2.19. The number of carbonyl (C=O) groups excluding carboxylic acids is 1. The van der Waals surface area contributed by atoms with Crippen molar-refractivity contribution in [2.75, 3.05) is 0 Å². The molecule has 0 unspecified atom stereocenters. The molecule has 0 atom stereocenters. The molecule has 3 aromatic carbocycles. The molecule has 4 rings (SSSR count). The first-order valence-corrected chi connectivity index (χ1v) is 12.4. The van der Waals surface area contributed by atoms with Gasteiger partial charge in [0.05, 0.1) is 5.69 Å². The standard InChI is InChI=1S/C26H23Cl2N3O3S/c27-21-7-3-1-5-16(21)14-33-19-9-18(25(32)26-31-23(12-29)24(13-30)35-26)10-20(11-19)34-15-17-6-2-4-8-22(17)28/h1-11H,12-15,29-30H2. The summed E-state index contributed by atoms with van der Waals surface area (Å²) in [6, 6.07) is 19.9. The third-order valence-corrected chi connectivity index (χ3v) is 7.05. The molecule has 0 radical (unpaired) electrons. The number of carbonyl (C=O) groups is 1. The summed E-state index contributed by atoms with van der Waals surface area (Å²) >= 11 is 13.8. The zero-order chi connectivity index (χ0) is 24.8. The summed E-state index contributed by atoms with van der Waals surface area (Å²) in [4.78, 5) is 18.5. The van der Waals surface area contributed by atoms with Crippen molar-refractivity contribution in [3.05, 3.63) is 109 Å². The number of ether oxygens (including phenoxy) is 2. The molecule has 1 heterocycles. The van der Waals surface area contributed by atoms with Gasteiger partial charge in [-0.3, -0.25) is 4.79 Å². The SMILES string of the molecule is NCc1nc(C(=O)c2cc(OCc3ccccc3Cl)cc(OCc3ccccc3Cl)c2)sc1CN. The van der Waals surface area contributed by atoms with Crippen LogP contribution in [0.2, 0.25) is 10.0 Å². The van der Waals surface area contributed by atoms with Crippen molar-refractivity contribution in [1.29, 1.82) is 0 Å². The van der Waals surface area contributed by atoms with E-state index in [4.69, 9.17) is 44.1 Å². The van der Waals surface area contributed by atoms with E-state index in [9.17, 15) is 4.79 Å². The first kappa shape index (κ1) is 25.2. The van der Waals surface area contributed by atoms with Gasteiger partial charge >= 0.3 is 0 Å². The monoisotopic (exact) mass is 527 g/mol. The molecule has 9 heteroatoms. The van der Waals surface area contributed by atoms with Gasteiger partial charge in [-0.2, -0.15) is 0 Å². The van der Waals surface area contributed by atoms with E-state index in [1.807, 2.05) is 36.4 Å². The molecule has 0 fully saturated rings. The van der Waals surface area contributed by atoms with Crippen LogP contribution in [0.5, 0.6) is 11.5 Å². The number of nitrogens with two attached hydrogens (primary N) is 2. The minimum absolute atomic E-state index is 0.212. The number of rotatable bonds is 10. The van der Waals surface area contributed by atoms with E-state index >= 15 is 0 Å². The van der Waals surface area contributed by atoms with E-state index in [2.05, 4.69) is 4.98 Å². The van der Waals surface area contributed by atoms with Gasteiger partial charge in [0.15, 0.2) is 5.01 Å². The van der Waals surface area contributed by atoms with Crippen molar-refractivity contribution in [3.8, 4) is 11.5 Å². The number of nitrogens with zero attached hydrogens (tertiary/aromatic N) is 1. The van der Waals surface area contributed by atoms with E-state index in [1.165, 1.54) is 11.3 Å². The highest BCUT2D eigenvalue weighted by atomic mass is 35.5. The molecule has 6 nitrogen and oxygen atoms in total. The Hall–Kier alpha value is -2.94. The summed E-state index contributed by atoms with van der Waals surface area (Å²) in [5, 5.41) is 1.51. The molecular weight excluding hydrogens is 505 g/mol. The van der Waals surface area contributed by atoms with Gasteiger partial charge in [-0.15, -0.1) is 11.3 Å². The maximum Gasteiger partial charge on any atom is 0.221 e. The molecule has 0 bridgehead atoms. The lowest BCUT2D eigenvalue weighted by atomic mass is 10.1. The molecule has 0 aliphatic carbocycles. The van der Waals surface area contributed by atoms with Crippen LogP contribution in [0, 0.1) is 0 Å². The Kier molecular flexibility index (Phi) is 8.38. The molecule has 35 heavy (non-hydrogen) atoms. The van der Waals surface area contributed by atoms with Gasteiger partial charge < -0.3 is 20.9 Å². The van der Waals surface area contributed by atoms with Crippen LogP contribution in [0.4, 0.5) is 0 Å². The average Bonchev–Trinajstić information content (AvgIpc) is 3.31. The molecule has 0 saturated heterocycles. The van der Waals surface area contributed by atoms with Crippen LogP contribution < -0.4 is 20.9 Å². The van der Waals surface area contributed by atoms with Crippen LogP contribution >= 0.6 is 34.5 Å². The second-order valence-corrected chi connectivity index (χ2v) is 9.48. The number of aromatic nitrogens is 1. The lowest BCUT2D eigenvalue weighted by molar-refractivity contribution is 0.103. The van der Waals surface area contributed by atoms with Gasteiger partial charge in [0, 0.05) is 50.8 Å². The van der Waals surface area contributed by atoms with Crippen LogP contribution in [0.25, 0.3) is 0 Å². The van der Waals surface area contributed by atoms with Gasteiger partial charge in [-0.05, 0) is 24.3 Å². The first-order valence-electron chi connectivity index (χ1n) is 10.8. The average molecular weight is 528 g/mol.